The van der Waals surface area contributed by atoms with Gasteiger partial charge in [0.05, 0.1) is 5.92 Å². The smallest absolute Gasteiger partial charge is 0.225 e. The average molecular weight is 300 g/mol. The standard InChI is InChI=1S/C18H24N2O2/c21-17-11-8-15(18(22)19-16-9-10-16)13-20(17)12-4-7-14-5-2-1-3-6-14/h1-3,5-6,15-16H,4,7-13H2,(H,19,22). The molecule has 1 N–H and O–H groups in total. The minimum Gasteiger partial charge on any atom is -0.353 e. The lowest BCUT2D eigenvalue weighted by atomic mass is 9.96. The number of carbonyl (C=O) groups excluding carboxylic acids is 2. The Balaban J connectivity index is 1.46. The van der Waals surface area contributed by atoms with Crippen molar-refractivity contribution < 1.29 is 9.59 Å². The fraction of sp³-hybridized carbons (Fsp3) is 0.556. The molecule has 118 valence electrons. The molecule has 1 atom stereocenters. The number of likely N-dealkylation sites (tertiary alicyclic amines) is 1. The van der Waals surface area contributed by atoms with E-state index < -0.39 is 0 Å². The fourth-order valence-corrected chi connectivity index (χ4v) is 3.01. The first kappa shape index (κ1) is 15.1. The summed E-state index contributed by atoms with van der Waals surface area (Å²) >= 11 is 0. The zero-order valence-corrected chi connectivity index (χ0v) is 13.0. The molecule has 0 spiro atoms. The van der Waals surface area contributed by atoms with Gasteiger partial charge < -0.3 is 10.2 Å². The van der Waals surface area contributed by atoms with Gasteiger partial charge in [-0.25, -0.2) is 0 Å². The largest absolute Gasteiger partial charge is 0.353 e. The molecule has 0 radical (unpaired) electrons. The first-order valence-corrected chi connectivity index (χ1v) is 8.34. The van der Waals surface area contributed by atoms with Gasteiger partial charge in [-0.15, -0.1) is 0 Å². The topological polar surface area (TPSA) is 49.4 Å². The normalized spacial score (nSPS) is 21.7. The average Bonchev–Trinajstić information content (AvgIpc) is 3.34. The highest BCUT2D eigenvalue weighted by atomic mass is 16.2. The highest BCUT2D eigenvalue weighted by molar-refractivity contribution is 5.84. The van der Waals surface area contributed by atoms with Gasteiger partial charge in [0.25, 0.3) is 0 Å². The number of carbonyl (C=O) groups is 2. The molecule has 1 saturated carbocycles. The van der Waals surface area contributed by atoms with Gasteiger partial charge >= 0.3 is 0 Å². The van der Waals surface area contributed by atoms with Crippen molar-refractivity contribution in [3.8, 4) is 0 Å². The van der Waals surface area contributed by atoms with Crippen LogP contribution in [-0.4, -0.2) is 35.8 Å². The third kappa shape index (κ3) is 4.09. The van der Waals surface area contributed by atoms with Crippen LogP contribution in [0.5, 0.6) is 0 Å². The molecule has 2 aliphatic rings. The second-order valence-corrected chi connectivity index (χ2v) is 6.45. The van der Waals surface area contributed by atoms with Crippen molar-refractivity contribution in [2.75, 3.05) is 13.1 Å². The number of nitrogens with one attached hydrogen (secondary N) is 1. The van der Waals surface area contributed by atoms with Gasteiger partial charge in [0, 0.05) is 25.6 Å². The summed E-state index contributed by atoms with van der Waals surface area (Å²) in [5.41, 5.74) is 1.30. The van der Waals surface area contributed by atoms with Crippen LogP contribution >= 0.6 is 0 Å². The lowest BCUT2D eigenvalue weighted by Gasteiger charge is -2.32. The number of hydrogen-bond acceptors (Lipinski definition) is 2. The maximum absolute atomic E-state index is 12.1. The van der Waals surface area contributed by atoms with Crippen LogP contribution in [0, 0.1) is 5.92 Å². The Labute approximate surface area is 131 Å². The Morgan fingerprint density at radius 1 is 1.18 bits per heavy atom. The van der Waals surface area contributed by atoms with Crippen LogP contribution in [0.25, 0.3) is 0 Å². The molecule has 1 aromatic carbocycles. The predicted octanol–water partition coefficient (Wildman–Crippen LogP) is 2.14. The minimum absolute atomic E-state index is 0.0185. The van der Waals surface area contributed by atoms with E-state index in [1.165, 1.54) is 5.56 Å². The van der Waals surface area contributed by atoms with Crippen LogP contribution in [-0.2, 0) is 16.0 Å². The molecule has 3 rings (SSSR count). The van der Waals surface area contributed by atoms with Crippen LogP contribution in [0.3, 0.4) is 0 Å². The molecular formula is C18H24N2O2. The van der Waals surface area contributed by atoms with Crippen molar-refractivity contribution >= 4 is 11.8 Å². The van der Waals surface area contributed by atoms with Crippen molar-refractivity contribution in [3.05, 3.63) is 35.9 Å². The van der Waals surface area contributed by atoms with Gasteiger partial charge in [-0.1, -0.05) is 30.3 Å². The monoisotopic (exact) mass is 300 g/mol. The van der Waals surface area contributed by atoms with Crippen LogP contribution < -0.4 is 5.32 Å². The lowest BCUT2D eigenvalue weighted by molar-refractivity contribution is -0.138. The van der Waals surface area contributed by atoms with Gasteiger partial charge in [0.1, 0.15) is 0 Å². The number of nitrogens with zero attached hydrogens (tertiary/aromatic N) is 1. The maximum Gasteiger partial charge on any atom is 0.225 e. The van der Waals surface area contributed by atoms with E-state index in [4.69, 9.17) is 0 Å². The van der Waals surface area contributed by atoms with E-state index in [9.17, 15) is 9.59 Å². The lowest BCUT2D eigenvalue weighted by Crippen LogP contribution is -2.46. The third-order valence-corrected chi connectivity index (χ3v) is 4.53. The summed E-state index contributed by atoms with van der Waals surface area (Å²) in [7, 11) is 0. The highest BCUT2D eigenvalue weighted by Gasteiger charge is 2.32. The molecule has 1 unspecified atom stereocenters. The predicted molar refractivity (Wildman–Crippen MR) is 85.2 cm³/mol. The fourth-order valence-electron chi connectivity index (χ4n) is 3.01. The number of piperidine rings is 1. The van der Waals surface area contributed by atoms with Crippen molar-refractivity contribution in [2.24, 2.45) is 5.92 Å². The summed E-state index contributed by atoms with van der Waals surface area (Å²) < 4.78 is 0. The molecule has 2 amide bonds. The van der Waals surface area contributed by atoms with E-state index in [1.807, 2.05) is 23.1 Å². The summed E-state index contributed by atoms with van der Waals surface area (Å²) in [5, 5.41) is 3.06. The molecule has 1 aromatic rings. The van der Waals surface area contributed by atoms with Gasteiger partial charge in [-0.3, -0.25) is 9.59 Å². The Kier molecular flexibility index (Phi) is 4.76. The van der Waals surface area contributed by atoms with Gasteiger partial charge in [-0.2, -0.15) is 0 Å². The first-order chi connectivity index (χ1) is 10.7. The zero-order valence-electron chi connectivity index (χ0n) is 13.0. The summed E-state index contributed by atoms with van der Waals surface area (Å²) in [6.45, 7) is 1.34. The maximum atomic E-state index is 12.1. The van der Waals surface area contributed by atoms with E-state index in [0.717, 1.165) is 32.2 Å². The molecule has 4 heteroatoms. The number of aryl methyl sites for hydroxylation is 1. The molecule has 1 aliphatic heterocycles. The summed E-state index contributed by atoms with van der Waals surface area (Å²) in [6, 6.07) is 10.7. The minimum atomic E-state index is -0.0185. The Bertz CT molecular complexity index is 525. The van der Waals surface area contributed by atoms with E-state index in [1.54, 1.807) is 0 Å². The molecule has 2 fully saturated rings. The molecular weight excluding hydrogens is 276 g/mol. The molecule has 0 bridgehead atoms. The van der Waals surface area contributed by atoms with Crippen LogP contribution in [0.2, 0.25) is 0 Å². The highest BCUT2D eigenvalue weighted by Crippen LogP contribution is 2.23. The Hall–Kier alpha value is -1.84. The second kappa shape index (κ2) is 6.95. The summed E-state index contributed by atoms with van der Waals surface area (Å²) in [5.74, 6) is 0.321. The van der Waals surface area contributed by atoms with Crippen LogP contribution in [0.15, 0.2) is 30.3 Å². The molecule has 1 saturated heterocycles. The Morgan fingerprint density at radius 2 is 1.95 bits per heavy atom. The van der Waals surface area contributed by atoms with E-state index in [2.05, 4.69) is 17.4 Å². The Morgan fingerprint density at radius 3 is 2.68 bits per heavy atom. The quantitative estimate of drug-likeness (QED) is 0.875. The summed E-state index contributed by atoms with van der Waals surface area (Å²) in [4.78, 5) is 26.1. The molecule has 22 heavy (non-hydrogen) atoms. The summed E-state index contributed by atoms with van der Waals surface area (Å²) in [6.07, 6.45) is 5.35. The van der Waals surface area contributed by atoms with Gasteiger partial charge in [-0.05, 0) is 37.7 Å². The number of rotatable bonds is 6. The van der Waals surface area contributed by atoms with Crippen LogP contribution in [0.4, 0.5) is 0 Å². The van der Waals surface area contributed by atoms with Crippen molar-refractivity contribution in [1.82, 2.24) is 10.2 Å². The van der Waals surface area contributed by atoms with E-state index >= 15 is 0 Å². The number of amides is 2. The second-order valence-electron chi connectivity index (χ2n) is 6.45. The first-order valence-electron chi connectivity index (χ1n) is 8.34. The van der Waals surface area contributed by atoms with Crippen molar-refractivity contribution in [2.45, 2.75) is 44.6 Å². The SMILES string of the molecule is O=C(NC1CC1)C1CCC(=O)N(CCCc2ccccc2)C1. The molecule has 1 aliphatic carbocycles. The zero-order chi connectivity index (χ0) is 15.4. The third-order valence-electron chi connectivity index (χ3n) is 4.53. The van der Waals surface area contributed by atoms with Crippen LogP contribution in [0.1, 0.15) is 37.7 Å². The van der Waals surface area contributed by atoms with E-state index in [0.29, 0.717) is 25.4 Å². The number of benzene rings is 1. The van der Waals surface area contributed by atoms with E-state index in [-0.39, 0.29) is 17.7 Å². The molecule has 1 heterocycles. The number of hydrogen-bond donors (Lipinski definition) is 1. The molecule has 4 nitrogen and oxygen atoms in total. The van der Waals surface area contributed by atoms with Gasteiger partial charge in [0.15, 0.2) is 0 Å². The van der Waals surface area contributed by atoms with Gasteiger partial charge in [0.2, 0.25) is 11.8 Å². The van der Waals surface area contributed by atoms with Crippen molar-refractivity contribution in [3.63, 3.8) is 0 Å². The van der Waals surface area contributed by atoms with Crippen molar-refractivity contribution in [1.29, 1.82) is 0 Å². The molecule has 0 aromatic heterocycles.